The van der Waals surface area contributed by atoms with Crippen molar-refractivity contribution in [1.82, 2.24) is 9.97 Å². The van der Waals surface area contributed by atoms with Crippen LogP contribution in [0.1, 0.15) is 34.1 Å². The third-order valence-electron chi connectivity index (χ3n) is 2.28. The van der Waals surface area contributed by atoms with Crippen LogP contribution in [0.5, 0.6) is 0 Å². The molecular formula is C13H24N4. The second-order valence-electron chi connectivity index (χ2n) is 5.58. The fraction of sp³-hybridized carbons (Fsp3) is 0.692. The van der Waals surface area contributed by atoms with Crippen molar-refractivity contribution in [3.8, 4) is 0 Å². The number of hydrogen-bond donors (Lipinski definition) is 1. The van der Waals surface area contributed by atoms with Gasteiger partial charge in [-0.1, -0.05) is 27.7 Å². The lowest BCUT2D eigenvalue weighted by atomic mass is 9.96. The van der Waals surface area contributed by atoms with E-state index in [1.165, 1.54) is 0 Å². The zero-order chi connectivity index (χ0) is 12.9. The van der Waals surface area contributed by atoms with Gasteiger partial charge in [-0.05, 0) is 17.9 Å². The van der Waals surface area contributed by atoms with E-state index in [1.807, 2.05) is 6.07 Å². The molecule has 1 aromatic rings. The lowest BCUT2D eigenvalue weighted by molar-refractivity contribution is 0.418. The molecule has 0 aliphatic heterocycles. The van der Waals surface area contributed by atoms with Crippen LogP contribution in [0.3, 0.4) is 0 Å². The van der Waals surface area contributed by atoms with Gasteiger partial charge in [0.2, 0.25) is 5.95 Å². The van der Waals surface area contributed by atoms with Gasteiger partial charge < -0.3 is 10.2 Å². The monoisotopic (exact) mass is 236 g/mol. The average Bonchev–Trinajstić information content (AvgIpc) is 2.24. The van der Waals surface area contributed by atoms with Gasteiger partial charge in [-0.2, -0.15) is 4.98 Å². The smallest absolute Gasteiger partial charge is 0.224 e. The summed E-state index contributed by atoms with van der Waals surface area (Å²) in [5, 5.41) is 3.20. The summed E-state index contributed by atoms with van der Waals surface area (Å²) >= 11 is 0. The molecule has 1 N–H and O–H groups in total. The van der Waals surface area contributed by atoms with E-state index in [0.717, 1.165) is 25.3 Å². The van der Waals surface area contributed by atoms with E-state index in [2.05, 4.69) is 54.9 Å². The number of anilines is 2. The predicted octanol–water partition coefficient (Wildman–Crippen LogP) is 2.78. The Morgan fingerprint density at radius 2 is 2.06 bits per heavy atom. The first kappa shape index (κ1) is 13.7. The van der Waals surface area contributed by atoms with Crippen LogP contribution < -0.4 is 10.2 Å². The summed E-state index contributed by atoms with van der Waals surface area (Å²) in [7, 11) is 2.07. The standard InChI is InChI=1S/C13H24N4/c1-6-8-14-12-15-9-7-11(16-12)17(5)10-13(2,3)4/h7,9H,6,8,10H2,1-5H3,(H,14,15,16). The largest absolute Gasteiger partial charge is 0.359 e. The minimum atomic E-state index is 0.261. The summed E-state index contributed by atoms with van der Waals surface area (Å²) in [6.07, 6.45) is 2.88. The van der Waals surface area contributed by atoms with E-state index in [-0.39, 0.29) is 5.41 Å². The molecule has 0 amide bonds. The van der Waals surface area contributed by atoms with Gasteiger partial charge in [0.05, 0.1) is 0 Å². The van der Waals surface area contributed by atoms with Gasteiger partial charge >= 0.3 is 0 Å². The first-order valence-corrected chi connectivity index (χ1v) is 6.20. The van der Waals surface area contributed by atoms with Crippen molar-refractivity contribution in [3.05, 3.63) is 12.3 Å². The molecule has 0 radical (unpaired) electrons. The molecule has 1 aromatic heterocycles. The Morgan fingerprint density at radius 1 is 1.35 bits per heavy atom. The molecule has 4 heteroatoms. The van der Waals surface area contributed by atoms with Gasteiger partial charge in [-0.3, -0.25) is 0 Å². The summed E-state index contributed by atoms with van der Waals surface area (Å²) in [6, 6.07) is 1.95. The molecule has 0 fully saturated rings. The Kier molecular flexibility index (Phi) is 4.73. The minimum Gasteiger partial charge on any atom is -0.359 e. The second-order valence-corrected chi connectivity index (χ2v) is 5.58. The highest BCUT2D eigenvalue weighted by molar-refractivity contribution is 5.41. The first-order valence-electron chi connectivity index (χ1n) is 6.20. The van der Waals surface area contributed by atoms with E-state index < -0.39 is 0 Å². The minimum absolute atomic E-state index is 0.261. The van der Waals surface area contributed by atoms with Gasteiger partial charge in [0, 0.05) is 26.3 Å². The molecule has 0 unspecified atom stereocenters. The molecule has 4 nitrogen and oxygen atoms in total. The van der Waals surface area contributed by atoms with Crippen LogP contribution in [0.25, 0.3) is 0 Å². The van der Waals surface area contributed by atoms with Crippen LogP contribution in [0, 0.1) is 5.41 Å². The summed E-state index contributed by atoms with van der Waals surface area (Å²) in [5.41, 5.74) is 0.261. The molecule has 0 spiro atoms. The Bertz CT molecular complexity index is 344. The third kappa shape index (κ3) is 5.02. The molecule has 0 atom stereocenters. The maximum Gasteiger partial charge on any atom is 0.224 e. The number of nitrogens with one attached hydrogen (secondary N) is 1. The zero-order valence-electron chi connectivity index (χ0n) is 11.6. The molecule has 96 valence electrons. The maximum atomic E-state index is 4.50. The topological polar surface area (TPSA) is 41.1 Å². The molecule has 0 aliphatic carbocycles. The van der Waals surface area contributed by atoms with Crippen LogP contribution in [-0.2, 0) is 0 Å². The zero-order valence-corrected chi connectivity index (χ0v) is 11.6. The van der Waals surface area contributed by atoms with Crippen molar-refractivity contribution >= 4 is 11.8 Å². The fourth-order valence-electron chi connectivity index (χ4n) is 1.68. The normalized spacial score (nSPS) is 11.4. The van der Waals surface area contributed by atoms with Crippen LogP contribution >= 0.6 is 0 Å². The molecule has 0 aliphatic rings. The summed E-state index contributed by atoms with van der Waals surface area (Å²) in [5.74, 6) is 1.68. The predicted molar refractivity (Wildman–Crippen MR) is 73.5 cm³/mol. The van der Waals surface area contributed by atoms with Crippen molar-refractivity contribution in [2.75, 3.05) is 30.4 Å². The second kappa shape index (κ2) is 5.84. The van der Waals surface area contributed by atoms with Crippen molar-refractivity contribution in [1.29, 1.82) is 0 Å². The number of hydrogen-bond acceptors (Lipinski definition) is 4. The van der Waals surface area contributed by atoms with Crippen LogP contribution in [0.15, 0.2) is 12.3 Å². The summed E-state index contributed by atoms with van der Waals surface area (Å²) in [6.45, 7) is 10.7. The number of aromatic nitrogens is 2. The molecule has 1 rings (SSSR count). The van der Waals surface area contributed by atoms with Crippen LogP contribution in [-0.4, -0.2) is 30.1 Å². The maximum absolute atomic E-state index is 4.50. The molecule has 0 saturated heterocycles. The Balaban J connectivity index is 2.70. The highest BCUT2D eigenvalue weighted by Gasteiger charge is 2.14. The Morgan fingerprint density at radius 3 is 2.65 bits per heavy atom. The van der Waals surface area contributed by atoms with Crippen molar-refractivity contribution in [3.63, 3.8) is 0 Å². The number of nitrogens with zero attached hydrogens (tertiary/aromatic N) is 3. The molecule has 1 heterocycles. The quantitative estimate of drug-likeness (QED) is 0.853. The SMILES string of the molecule is CCCNc1nccc(N(C)CC(C)(C)C)n1. The molecular weight excluding hydrogens is 212 g/mol. The molecule has 0 saturated carbocycles. The van der Waals surface area contributed by atoms with E-state index >= 15 is 0 Å². The van der Waals surface area contributed by atoms with E-state index in [0.29, 0.717) is 5.95 Å². The van der Waals surface area contributed by atoms with E-state index in [9.17, 15) is 0 Å². The summed E-state index contributed by atoms with van der Waals surface area (Å²) in [4.78, 5) is 10.9. The lowest BCUT2D eigenvalue weighted by Gasteiger charge is -2.27. The van der Waals surface area contributed by atoms with Crippen molar-refractivity contribution < 1.29 is 0 Å². The first-order chi connectivity index (χ1) is 7.92. The highest BCUT2D eigenvalue weighted by Crippen LogP contribution is 2.18. The van der Waals surface area contributed by atoms with E-state index in [1.54, 1.807) is 6.20 Å². The molecule has 0 bridgehead atoms. The van der Waals surface area contributed by atoms with Crippen LogP contribution in [0.4, 0.5) is 11.8 Å². The Labute approximate surface area is 104 Å². The average molecular weight is 236 g/mol. The van der Waals surface area contributed by atoms with Gasteiger partial charge in [0.1, 0.15) is 5.82 Å². The number of rotatable bonds is 5. The Hall–Kier alpha value is -1.32. The molecule has 0 aromatic carbocycles. The van der Waals surface area contributed by atoms with Gasteiger partial charge in [0.15, 0.2) is 0 Å². The summed E-state index contributed by atoms with van der Waals surface area (Å²) < 4.78 is 0. The van der Waals surface area contributed by atoms with E-state index in [4.69, 9.17) is 0 Å². The third-order valence-corrected chi connectivity index (χ3v) is 2.28. The highest BCUT2D eigenvalue weighted by atomic mass is 15.2. The fourth-order valence-corrected chi connectivity index (χ4v) is 1.68. The van der Waals surface area contributed by atoms with Crippen molar-refractivity contribution in [2.24, 2.45) is 5.41 Å². The van der Waals surface area contributed by atoms with Crippen LogP contribution in [0.2, 0.25) is 0 Å². The van der Waals surface area contributed by atoms with Gasteiger partial charge in [-0.15, -0.1) is 0 Å². The molecule has 17 heavy (non-hydrogen) atoms. The van der Waals surface area contributed by atoms with Gasteiger partial charge in [0.25, 0.3) is 0 Å². The lowest BCUT2D eigenvalue weighted by Crippen LogP contribution is -2.29. The van der Waals surface area contributed by atoms with Gasteiger partial charge in [-0.25, -0.2) is 4.98 Å². The van der Waals surface area contributed by atoms with Crippen molar-refractivity contribution in [2.45, 2.75) is 34.1 Å².